The number of nitrogens with zero attached hydrogens (tertiary/aromatic N) is 1. The molecule has 0 bridgehead atoms. The second-order valence-electron chi connectivity index (χ2n) is 7.11. The van der Waals surface area contributed by atoms with Gasteiger partial charge in [-0.05, 0) is 66.9 Å². The maximum atomic E-state index is 13.3. The lowest BCUT2D eigenvalue weighted by Gasteiger charge is -2.23. The number of hydrogen-bond donors (Lipinski definition) is 1. The summed E-state index contributed by atoms with van der Waals surface area (Å²) in [5, 5.41) is 3.66. The highest BCUT2D eigenvalue weighted by molar-refractivity contribution is 7.89. The van der Waals surface area contributed by atoms with E-state index < -0.39 is 15.9 Å². The van der Waals surface area contributed by atoms with Crippen LogP contribution in [0.3, 0.4) is 0 Å². The Bertz CT molecular complexity index is 1200. The van der Waals surface area contributed by atoms with Crippen molar-refractivity contribution in [3.63, 3.8) is 0 Å². The van der Waals surface area contributed by atoms with Crippen LogP contribution >= 0.6 is 23.2 Å². The number of hydrogen-bond acceptors (Lipinski definition) is 3. The van der Waals surface area contributed by atoms with E-state index in [1.807, 2.05) is 26.0 Å². The van der Waals surface area contributed by atoms with Crippen molar-refractivity contribution in [3.8, 4) is 0 Å². The van der Waals surface area contributed by atoms with E-state index in [0.717, 1.165) is 15.4 Å². The average molecular weight is 477 g/mol. The van der Waals surface area contributed by atoms with Gasteiger partial charge in [0.05, 0.1) is 11.4 Å². The van der Waals surface area contributed by atoms with E-state index in [1.165, 1.54) is 24.3 Å². The predicted octanol–water partition coefficient (Wildman–Crippen LogP) is 5.44. The van der Waals surface area contributed by atoms with Gasteiger partial charge in [0.1, 0.15) is 0 Å². The molecule has 0 unspecified atom stereocenters. The van der Waals surface area contributed by atoms with Gasteiger partial charge in [0.15, 0.2) is 0 Å². The molecule has 0 spiro atoms. The highest BCUT2D eigenvalue weighted by Crippen LogP contribution is 2.24. The summed E-state index contributed by atoms with van der Waals surface area (Å²) in [5.74, 6) is -0.446. The van der Waals surface area contributed by atoms with Crippen LogP contribution in [-0.4, -0.2) is 25.2 Å². The van der Waals surface area contributed by atoms with Crippen LogP contribution in [-0.2, 0) is 21.4 Å². The minimum atomic E-state index is -3.98. The standard InChI is InChI=1S/C23H22Cl2N2O3S/c1-16-6-5-9-22(17(16)2)26-23(28)15-27(14-18-7-3-4-8-21(18)25)31(29,30)20-12-10-19(24)11-13-20/h3-13H,14-15H2,1-2H3,(H,26,28). The fraction of sp³-hybridized carbons (Fsp3) is 0.174. The van der Waals surface area contributed by atoms with Crippen LogP contribution in [0.15, 0.2) is 71.6 Å². The largest absolute Gasteiger partial charge is 0.325 e. The smallest absolute Gasteiger partial charge is 0.243 e. The number of carbonyl (C=O) groups excluding carboxylic acids is 1. The number of nitrogens with one attached hydrogen (secondary N) is 1. The van der Waals surface area contributed by atoms with Crippen molar-refractivity contribution in [2.24, 2.45) is 0 Å². The first kappa shape index (κ1) is 23.3. The maximum Gasteiger partial charge on any atom is 0.243 e. The zero-order valence-corrected chi connectivity index (χ0v) is 19.4. The van der Waals surface area contributed by atoms with Crippen LogP contribution in [0.25, 0.3) is 0 Å². The van der Waals surface area contributed by atoms with Gasteiger partial charge in [-0.1, -0.05) is 53.5 Å². The van der Waals surface area contributed by atoms with Crippen molar-refractivity contribution >= 4 is 44.8 Å². The lowest BCUT2D eigenvalue weighted by molar-refractivity contribution is -0.116. The third kappa shape index (κ3) is 5.66. The van der Waals surface area contributed by atoms with Gasteiger partial charge >= 0.3 is 0 Å². The maximum absolute atomic E-state index is 13.3. The van der Waals surface area contributed by atoms with Gasteiger partial charge in [-0.25, -0.2) is 8.42 Å². The molecule has 0 saturated carbocycles. The van der Waals surface area contributed by atoms with Crippen molar-refractivity contribution in [2.45, 2.75) is 25.3 Å². The molecule has 5 nitrogen and oxygen atoms in total. The minimum absolute atomic E-state index is 0.0449. The van der Waals surface area contributed by atoms with E-state index in [9.17, 15) is 13.2 Å². The molecule has 0 aromatic heterocycles. The van der Waals surface area contributed by atoms with E-state index in [0.29, 0.717) is 21.3 Å². The van der Waals surface area contributed by atoms with Gasteiger partial charge in [-0.2, -0.15) is 4.31 Å². The number of amides is 1. The molecule has 0 saturated heterocycles. The second kappa shape index (κ2) is 9.83. The third-order valence-electron chi connectivity index (χ3n) is 4.95. The number of anilines is 1. The van der Waals surface area contributed by atoms with Gasteiger partial charge < -0.3 is 5.32 Å². The summed E-state index contributed by atoms with van der Waals surface area (Å²) >= 11 is 12.2. The van der Waals surface area contributed by atoms with Crippen LogP contribution in [0.2, 0.25) is 10.0 Å². The monoisotopic (exact) mass is 476 g/mol. The number of carbonyl (C=O) groups is 1. The van der Waals surface area contributed by atoms with Crippen molar-refractivity contribution in [2.75, 3.05) is 11.9 Å². The molecule has 0 heterocycles. The molecule has 1 N–H and O–H groups in total. The number of halogens is 2. The lowest BCUT2D eigenvalue weighted by Crippen LogP contribution is -2.37. The van der Waals surface area contributed by atoms with E-state index in [1.54, 1.807) is 30.3 Å². The second-order valence-corrected chi connectivity index (χ2v) is 9.90. The van der Waals surface area contributed by atoms with Crippen LogP contribution in [0, 0.1) is 13.8 Å². The number of rotatable bonds is 7. The molecule has 8 heteroatoms. The molecule has 0 aliphatic carbocycles. The Hall–Kier alpha value is -2.38. The van der Waals surface area contributed by atoms with Gasteiger partial charge in [0.25, 0.3) is 0 Å². The molecule has 31 heavy (non-hydrogen) atoms. The van der Waals surface area contributed by atoms with Gasteiger partial charge in [-0.15, -0.1) is 0 Å². The molecule has 3 rings (SSSR count). The fourth-order valence-corrected chi connectivity index (χ4v) is 4.73. The molecule has 3 aromatic carbocycles. The first-order valence-corrected chi connectivity index (χ1v) is 11.7. The fourth-order valence-electron chi connectivity index (χ4n) is 3.03. The van der Waals surface area contributed by atoms with Crippen molar-refractivity contribution in [1.29, 1.82) is 0 Å². The molecule has 0 radical (unpaired) electrons. The Morgan fingerprint density at radius 3 is 2.29 bits per heavy atom. The molecule has 162 valence electrons. The average Bonchev–Trinajstić information content (AvgIpc) is 2.73. The predicted molar refractivity (Wildman–Crippen MR) is 125 cm³/mol. The Morgan fingerprint density at radius 1 is 0.935 bits per heavy atom. The van der Waals surface area contributed by atoms with Gasteiger partial charge in [-0.3, -0.25) is 4.79 Å². The Labute approximate surface area is 192 Å². The summed E-state index contributed by atoms with van der Waals surface area (Å²) in [6.07, 6.45) is 0. The Kier molecular flexibility index (Phi) is 7.38. The highest BCUT2D eigenvalue weighted by Gasteiger charge is 2.27. The number of benzene rings is 3. The number of aryl methyl sites for hydroxylation is 1. The van der Waals surface area contributed by atoms with Gasteiger partial charge in [0, 0.05) is 22.3 Å². The SMILES string of the molecule is Cc1cccc(NC(=O)CN(Cc2ccccc2Cl)S(=O)(=O)c2ccc(Cl)cc2)c1C. The summed E-state index contributed by atoms with van der Waals surface area (Å²) in [6.45, 7) is 3.42. The molecular weight excluding hydrogens is 455 g/mol. The topological polar surface area (TPSA) is 66.5 Å². The molecule has 1 amide bonds. The molecule has 0 atom stereocenters. The van der Waals surface area contributed by atoms with E-state index in [-0.39, 0.29) is 18.0 Å². The van der Waals surface area contributed by atoms with Crippen LogP contribution in [0.4, 0.5) is 5.69 Å². The summed E-state index contributed by atoms with van der Waals surface area (Å²) < 4.78 is 27.8. The normalized spacial score (nSPS) is 11.5. The number of sulfonamides is 1. The van der Waals surface area contributed by atoms with Crippen LogP contribution in [0.1, 0.15) is 16.7 Å². The van der Waals surface area contributed by atoms with E-state index in [2.05, 4.69) is 5.32 Å². The van der Waals surface area contributed by atoms with Crippen molar-refractivity contribution < 1.29 is 13.2 Å². The van der Waals surface area contributed by atoms with Gasteiger partial charge in [0.2, 0.25) is 15.9 Å². The summed E-state index contributed by atoms with van der Waals surface area (Å²) in [5.41, 5.74) is 3.20. The Balaban J connectivity index is 1.91. The quantitative estimate of drug-likeness (QED) is 0.493. The molecule has 0 aliphatic heterocycles. The van der Waals surface area contributed by atoms with E-state index in [4.69, 9.17) is 23.2 Å². The lowest BCUT2D eigenvalue weighted by atomic mass is 10.1. The molecule has 3 aromatic rings. The molecule has 0 aliphatic rings. The first-order valence-electron chi connectivity index (χ1n) is 9.53. The van der Waals surface area contributed by atoms with Crippen molar-refractivity contribution in [1.82, 2.24) is 4.31 Å². The summed E-state index contributed by atoms with van der Waals surface area (Å²) in [7, 11) is -3.98. The molecular formula is C23H22Cl2N2O3S. The minimum Gasteiger partial charge on any atom is -0.325 e. The zero-order valence-electron chi connectivity index (χ0n) is 17.1. The summed E-state index contributed by atoms with van der Waals surface area (Å²) in [6, 6.07) is 18.3. The van der Waals surface area contributed by atoms with E-state index >= 15 is 0 Å². The first-order chi connectivity index (χ1) is 14.7. The summed E-state index contributed by atoms with van der Waals surface area (Å²) in [4.78, 5) is 12.9. The molecule has 0 fully saturated rings. The van der Waals surface area contributed by atoms with Crippen LogP contribution < -0.4 is 5.32 Å². The zero-order chi connectivity index (χ0) is 22.6. The Morgan fingerprint density at radius 2 is 1.61 bits per heavy atom. The van der Waals surface area contributed by atoms with Crippen LogP contribution in [0.5, 0.6) is 0 Å². The third-order valence-corrected chi connectivity index (χ3v) is 7.38. The highest BCUT2D eigenvalue weighted by atomic mass is 35.5. The van der Waals surface area contributed by atoms with Crippen molar-refractivity contribution in [3.05, 3.63) is 93.5 Å².